The molecule has 1 aromatic carbocycles. The van der Waals surface area contributed by atoms with Gasteiger partial charge in [-0.05, 0) is 13.0 Å². The standard InChI is InChI=1S/C20H24N4O6/c1-3-30-16(26)10-14-19(27)21-8-9-24(14)11-15(25)23-17-12-6-4-5-7-13(12)22-18(17)20(28)29-2/h4-7,14,22H,3,8-11H2,1-2H3,(H,21,27)(H,23,25). The van der Waals surface area contributed by atoms with Crippen LogP contribution in [0.1, 0.15) is 23.8 Å². The van der Waals surface area contributed by atoms with Crippen LogP contribution in [0.4, 0.5) is 5.69 Å². The molecular weight excluding hydrogens is 392 g/mol. The van der Waals surface area contributed by atoms with Crippen molar-refractivity contribution >= 4 is 40.3 Å². The number of amides is 2. The molecule has 2 aromatic rings. The fraction of sp³-hybridized carbons (Fsp3) is 0.400. The Labute approximate surface area is 172 Å². The van der Waals surface area contributed by atoms with Gasteiger partial charge >= 0.3 is 11.9 Å². The molecule has 3 N–H and O–H groups in total. The summed E-state index contributed by atoms with van der Waals surface area (Å²) in [7, 11) is 1.26. The largest absolute Gasteiger partial charge is 0.466 e. The third-order valence-corrected chi connectivity index (χ3v) is 4.81. The number of aromatic nitrogens is 1. The van der Waals surface area contributed by atoms with Crippen molar-refractivity contribution in [2.75, 3.05) is 38.7 Å². The fourth-order valence-corrected chi connectivity index (χ4v) is 3.44. The highest BCUT2D eigenvalue weighted by Crippen LogP contribution is 2.28. The number of carbonyl (C=O) groups is 4. The van der Waals surface area contributed by atoms with Crippen LogP contribution in [-0.2, 0) is 23.9 Å². The lowest BCUT2D eigenvalue weighted by molar-refractivity contribution is -0.148. The maximum absolute atomic E-state index is 12.8. The molecule has 0 aliphatic carbocycles. The zero-order valence-electron chi connectivity index (χ0n) is 16.8. The van der Waals surface area contributed by atoms with Crippen LogP contribution in [0.25, 0.3) is 10.9 Å². The van der Waals surface area contributed by atoms with Gasteiger partial charge < -0.3 is 25.1 Å². The molecule has 1 atom stereocenters. The number of methoxy groups -OCH3 is 1. The Kier molecular flexibility index (Phi) is 6.68. The summed E-state index contributed by atoms with van der Waals surface area (Å²) >= 11 is 0. The first-order chi connectivity index (χ1) is 14.4. The maximum Gasteiger partial charge on any atom is 0.356 e. The van der Waals surface area contributed by atoms with Crippen molar-refractivity contribution in [3.05, 3.63) is 30.0 Å². The molecule has 1 unspecified atom stereocenters. The molecule has 2 heterocycles. The number of esters is 2. The molecule has 1 aliphatic heterocycles. The molecule has 1 fully saturated rings. The van der Waals surface area contributed by atoms with Gasteiger partial charge in [0.15, 0.2) is 0 Å². The number of piperazine rings is 1. The number of ether oxygens (including phenoxy) is 2. The van der Waals surface area contributed by atoms with Gasteiger partial charge in [0, 0.05) is 24.0 Å². The number of aromatic amines is 1. The molecule has 2 amide bonds. The van der Waals surface area contributed by atoms with Gasteiger partial charge in [-0.1, -0.05) is 18.2 Å². The summed E-state index contributed by atoms with van der Waals surface area (Å²) in [5.74, 6) is -1.87. The number of nitrogens with zero attached hydrogens (tertiary/aromatic N) is 1. The second-order valence-electron chi connectivity index (χ2n) is 6.75. The molecule has 160 valence electrons. The molecule has 0 bridgehead atoms. The molecule has 3 rings (SSSR count). The minimum atomic E-state index is -0.799. The van der Waals surface area contributed by atoms with Crippen LogP contribution in [0.15, 0.2) is 24.3 Å². The minimum absolute atomic E-state index is 0.127. The van der Waals surface area contributed by atoms with Crippen molar-refractivity contribution in [3.63, 3.8) is 0 Å². The van der Waals surface area contributed by atoms with Crippen LogP contribution in [0.3, 0.4) is 0 Å². The van der Waals surface area contributed by atoms with E-state index in [1.165, 1.54) is 7.11 Å². The van der Waals surface area contributed by atoms with Crippen molar-refractivity contribution in [1.82, 2.24) is 15.2 Å². The molecule has 1 aromatic heterocycles. The van der Waals surface area contributed by atoms with Crippen molar-refractivity contribution in [2.45, 2.75) is 19.4 Å². The molecule has 0 saturated carbocycles. The van der Waals surface area contributed by atoms with E-state index in [9.17, 15) is 19.2 Å². The highest BCUT2D eigenvalue weighted by Gasteiger charge is 2.33. The number of anilines is 1. The average Bonchev–Trinajstić information content (AvgIpc) is 3.08. The lowest BCUT2D eigenvalue weighted by atomic mass is 10.1. The van der Waals surface area contributed by atoms with Gasteiger partial charge in [0.25, 0.3) is 0 Å². The van der Waals surface area contributed by atoms with E-state index in [0.717, 1.165) is 0 Å². The summed E-state index contributed by atoms with van der Waals surface area (Å²) in [5, 5.41) is 6.11. The zero-order chi connectivity index (χ0) is 21.7. The third kappa shape index (κ3) is 4.60. The van der Waals surface area contributed by atoms with E-state index >= 15 is 0 Å². The smallest absolute Gasteiger partial charge is 0.356 e. The topological polar surface area (TPSA) is 130 Å². The van der Waals surface area contributed by atoms with Crippen molar-refractivity contribution in [3.8, 4) is 0 Å². The summed E-state index contributed by atoms with van der Waals surface area (Å²) in [6.07, 6.45) is -0.145. The fourth-order valence-electron chi connectivity index (χ4n) is 3.44. The number of nitrogens with one attached hydrogen (secondary N) is 3. The predicted octanol–water partition coefficient (Wildman–Crippen LogP) is 0.647. The quantitative estimate of drug-likeness (QED) is 0.565. The molecule has 10 heteroatoms. The summed E-state index contributed by atoms with van der Waals surface area (Å²) in [6, 6.07) is 6.34. The second-order valence-corrected chi connectivity index (χ2v) is 6.75. The Balaban J connectivity index is 1.78. The van der Waals surface area contributed by atoms with Crippen LogP contribution >= 0.6 is 0 Å². The van der Waals surface area contributed by atoms with E-state index in [1.54, 1.807) is 36.1 Å². The van der Waals surface area contributed by atoms with Crippen LogP contribution in [0, 0.1) is 0 Å². The van der Waals surface area contributed by atoms with Crippen LogP contribution in [-0.4, -0.2) is 73.0 Å². The van der Waals surface area contributed by atoms with E-state index in [0.29, 0.717) is 29.7 Å². The van der Waals surface area contributed by atoms with Gasteiger partial charge in [0.2, 0.25) is 11.8 Å². The van der Waals surface area contributed by atoms with Gasteiger partial charge in [-0.15, -0.1) is 0 Å². The molecule has 0 spiro atoms. The number of hydrogen-bond acceptors (Lipinski definition) is 7. The predicted molar refractivity (Wildman–Crippen MR) is 108 cm³/mol. The van der Waals surface area contributed by atoms with Gasteiger partial charge in [-0.3, -0.25) is 19.3 Å². The SMILES string of the molecule is CCOC(=O)CC1C(=O)NCCN1CC(=O)Nc1c(C(=O)OC)[nH]c2ccccc12. The summed E-state index contributed by atoms with van der Waals surface area (Å²) in [5.41, 5.74) is 1.11. The van der Waals surface area contributed by atoms with E-state index in [2.05, 4.69) is 15.6 Å². The maximum atomic E-state index is 12.8. The summed E-state index contributed by atoms with van der Waals surface area (Å²) < 4.78 is 9.73. The Morgan fingerprint density at radius 2 is 2.03 bits per heavy atom. The average molecular weight is 416 g/mol. The van der Waals surface area contributed by atoms with Crippen LogP contribution < -0.4 is 10.6 Å². The molecule has 0 radical (unpaired) electrons. The Morgan fingerprint density at radius 1 is 1.27 bits per heavy atom. The van der Waals surface area contributed by atoms with E-state index in [4.69, 9.17) is 9.47 Å². The lowest BCUT2D eigenvalue weighted by Crippen LogP contribution is -2.57. The number of fused-ring (bicyclic) bond motifs is 1. The van der Waals surface area contributed by atoms with Gasteiger partial charge in [-0.2, -0.15) is 0 Å². The van der Waals surface area contributed by atoms with Crippen molar-refractivity contribution in [2.24, 2.45) is 0 Å². The molecular formula is C20H24N4O6. The number of benzene rings is 1. The summed E-state index contributed by atoms with van der Waals surface area (Å²) in [4.78, 5) is 53.6. The number of para-hydroxylation sites is 1. The first-order valence-corrected chi connectivity index (χ1v) is 9.60. The zero-order valence-corrected chi connectivity index (χ0v) is 16.8. The highest BCUT2D eigenvalue weighted by atomic mass is 16.5. The number of rotatable bonds is 7. The number of hydrogen-bond donors (Lipinski definition) is 3. The van der Waals surface area contributed by atoms with Crippen LogP contribution in [0.5, 0.6) is 0 Å². The first kappa shape index (κ1) is 21.3. The third-order valence-electron chi connectivity index (χ3n) is 4.81. The minimum Gasteiger partial charge on any atom is -0.466 e. The Bertz CT molecular complexity index is 969. The van der Waals surface area contributed by atoms with E-state index in [1.807, 2.05) is 0 Å². The Hall–Kier alpha value is -3.40. The molecule has 1 saturated heterocycles. The van der Waals surface area contributed by atoms with Gasteiger partial charge in [0.05, 0.1) is 32.4 Å². The molecule has 1 aliphatic rings. The van der Waals surface area contributed by atoms with Crippen molar-refractivity contribution < 1.29 is 28.7 Å². The lowest BCUT2D eigenvalue weighted by Gasteiger charge is -2.33. The van der Waals surface area contributed by atoms with Gasteiger partial charge in [0.1, 0.15) is 11.7 Å². The van der Waals surface area contributed by atoms with E-state index < -0.39 is 23.9 Å². The molecule has 10 nitrogen and oxygen atoms in total. The number of carbonyl (C=O) groups excluding carboxylic acids is 4. The summed E-state index contributed by atoms with van der Waals surface area (Å²) in [6.45, 7) is 2.54. The van der Waals surface area contributed by atoms with Gasteiger partial charge in [-0.25, -0.2) is 4.79 Å². The van der Waals surface area contributed by atoms with E-state index in [-0.39, 0.29) is 31.2 Å². The first-order valence-electron chi connectivity index (χ1n) is 9.60. The molecule has 30 heavy (non-hydrogen) atoms. The normalized spacial score (nSPS) is 16.7. The highest BCUT2D eigenvalue weighted by molar-refractivity contribution is 6.11. The Morgan fingerprint density at radius 3 is 2.77 bits per heavy atom. The van der Waals surface area contributed by atoms with Crippen molar-refractivity contribution in [1.29, 1.82) is 0 Å². The monoisotopic (exact) mass is 416 g/mol. The second kappa shape index (κ2) is 9.40. The van der Waals surface area contributed by atoms with Crippen LogP contribution in [0.2, 0.25) is 0 Å². The number of H-pyrrole nitrogens is 1.